The minimum Gasteiger partial charge on any atom is -0.339 e. The number of rotatable bonds is 8. The van der Waals surface area contributed by atoms with Crippen molar-refractivity contribution >= 4 is 15.9 Å². The van der Waals surface area contributed by atoms with E-state index in [9.17, 15) is 13.2 Å². The van der Waals surface area contributed by atoms with Gasteiger partial charge >= 0.3 is 0 Å². The van der Waals surface area contributed by atoms with Crippen LogP contribution in [-0.2, 0) is 21.2 Å². The second-order valence-electron chi connectivity index (χ2n) is 5.22. The molecule has 0 bridgehead atoms. The van der Waals surface area contributed by atoms with Crippen molar-refractivity contribution in [1.82, 2.24) is 9.62 Å². The van der Waals surface area contributed by atoms with E-state index in [1.165, 1.54) is 7.05 Å². The Morgan fingerprint density at radius 3 is 2.32 bits per heavy atom. The Bertz CT molecular complexity index is 621. The average molecular weight is 324 g/mol. The lowest BCUT2D eigenvalue weighted by molar-refractivity contribution is -0.130. The number of benzene rings is 1. The fourth-order valence-electron chi connectivity index (χ4n) is 2.06. The van der Waals surface area contributed by atoms with Crippen LogP contribution >= 0.6 is 0 Å². The molecule has 0 aliphatic heterocycles. The molecule has 1 aromatic carbocycles. The molecule has 1 N–H and O–H groups in total. The van der Waals surface area contributed by atoms with Crippen molar-refractivity contribution in [2.24, 2.45) is 0 Å². The summed E-state index contributed by atoms with van der Waals surface area (Å²) in [5.41, 5.74) is 1.90. The highest BCUT2D eigenvalue weighted by Crippen LogP contribution is 2.12. The van der Waals surface area contributed by atoms with Crippen LogP contribution in [0.5, 0.6) is 0 Å². The van der Waals surface area contributed by atoms with E-state index in [0.717, 1.165) is 11.1 Å². The average Bonchev–Trinajstić information content (AvgIpc) is 2.50. The van der Waals surface area contributed by atoms with Gasteiger partial charge in [0.05, 0.1) is 4.90 Å². The van der Waals surface area contributed by atoms with Crippen LogP contribution < -0.4 is 4.72 Å². The molecular formula is C16H24N2O3S. The normalized spacial score (nSPS) is 11.2. The van der Waals surface area contributed by atoms with Crippen LogP contribution in [0.25, 0.3) is 0 Å². The first-order valence-electron chi connectivity index (χ1n) is 7.24. The van der Waals surface area contributed by atoms with Gasteiger partial charge in [-0.15, -0.1) is 0 Å². The monoisotopic (exact) mass is 324 g/mol. The van der Waals surface area contributed by atoms with Crippen LogP contribution in [0, 0.1) is 0 Å². The summed E-state index contributed by atoms with van der Waals surface area (Å²) in [4.78, 5) is 14.1. The quantitative estimate of drug-likeness (QED) is 0.743. The lowest BCUT2D eigenvalue weighted by Gasteiger charge is -2.21. The van der Waals surface area contributed by atoms with E-state index in [0.29, 0.717) is 25.9 Å². The summed E-state index contributed by atoms with van der Waals surface area (Å²) in [6, 6.07) is 6.59. The number of carbonyl (C=O) groups excluding carboxylic acids is 1. The molecule has 0 saturated heterocycles. The zero-order valence-corrected chi connectivity index (χ0v) is 14.2. The van der Waals surface area contributed by atoms with Gasteiger partial charge in [-0.1, -0.05) is 24.3 Å². The van der Waals surface area contributed by atoms with Gasteiger partial charge in [0.1, 0.15) is 0 Å². The van der Waals surface area contributed by atoms with Crippen molar-refractivity contribution in [3.8, 4) is 0 Å². The highest BCUT2D eigenvalue weighted by molar-refractivity contribution is 7.89. The van der Waals surface area contributed by atoms with Gasteiger partial charge in [0.25, 0.3) is 0 Å². The van der Waals surface area contributed by atoms with Gasteiger partial charge in [0.2, 0.25) is 15.9 Å². The van der Waals surface area contributed by atoms with Crippen molar-refractivity contribution in [3.05, 3.63) is 42.0 Å². The number of hydrogen-bond donors (Lipinski definition) is 1. The molecular weight excluding hydrogens is 300 g/mol. The van der Waals surface area contributed by atoms with E-state index in [1.54, 1.807) is 29.2 Å². The van der Waals surface area contributed by atoms with E-state index < -0.39 is 10.0 Å². The van der Waals surface area contributed by atoms with Gasteiger partial charge in [-0.05, 0) is 45.0 Å². The maximum atomic E-state index is 12.1. The topological polar surface area (TPSA) is 66.5 Å². The maximum absolute atomic E-state index is 12.1. The molecule has 1 aromatic rings. The Balaban J connectivity index is 2.65. The molecule has 122 valence electrons. The predicted octanol–water partition coefficient (Wildman–Crippen LogP) is 1.95. The highest BCUT2D eigenvalue weighted by Gasteiger charge is 2.13. The Labute approximate surface area is 133 Å². The largest absolute Gasteiger partial charge is 0.339 e. The minimum atomic E-state index is -3.41. The van der Waals surface area contributed by atoms with Crippen LogP contribution in [0.2, 0.25) is 0 Å². The Kier molecular flexibility index (Phi) is 6.77. The number of likely N-dealkylation sites (N-methyl/N-ethyl adjacent to an activating group) is 1. The number of hydrogen-bond acceptors (Lipinski definition) is 3. The fraction of sp³-hybridized carbons (Fsp3) is 0.438. The molecule has 5 nitrogen and oxygen atoms in total. The first kappa shape index (κ1) is 18.4. The molecule has 1 rings (SSSR count). The Morgan fingerprint density at radius 2 is 1.86 bits per heavy atom. The number of amides is 1. The predicted molar refractivity (Wildman–Crippen MR) is 88.1 cm³/mol. The SMILES string of the molecule is C=C(C)CN(CC)C(=O)CCc1ccc(S(=O)(=O)NC)cc1. The van der Waals surface area contributed by atoms with Gasteiger partial charge in [-0.25, -0.2) is 13.1 Å². The summed E-state index contributed by atoms with van der Waals surface area (Å²) in [5.74, 6) is 0.0809. The van der Waals surface area contributed by atoms with Gasteiger partial charge in [0.15, 0.2) is 0 Å². The third-order valence-electron chi connectivity index (χ3n) is 3.33. The van der Waals surface area contributed by atoms with Crippen LogP contribution in [0.3, 0.4) is 0 Å². The molecule has 0 aliphatic rings. The Hall–Kier alpha value is -1.66. The first-order valence-corrected chi connectivity index (χ1v) is 8.73. The van der Waals surface area contributed by atoms with Crippen molar-refractivity contribution in [3.63, 3.8) is 0 Å². The van der Waals surface area contributed by atoms with E-state index in [1.807, 2.05) is 13.8 Å². The van der Waals surface area contributed by atoms with E-state index >= 15 is 0 Å². The molecule has 0 heterocycles. The summed E-state index contributed by atoms with van der Waals surface area (Å²) in [6.45, 7) is 8.91. The van der Waals surface area contributed by atoms with Gasteiger partial charge in [-0.2, -0.15) is 0 Å². The molecule has 0 fully saturated rings. The second-order valence-corrected chi connectivity index (χ2v) is 7.10. The van der Waals surface area contributed by atoms with E-state index in [2.05, 4.69) is 11.3 Å². The summed E-state index contributed by atoms with van der Waals surface area (Å²) in [7, 11) is -2.03. The summed E-state index contributed by atoms with van der Waals surface area (Å²) in [6.07, 6.45) is 0.991. The molecule has 0 atom stereocenters. The fourth-order valence-corrected chi connectivity index (χ4v) is 2.79. The molecule has 0 spiro atoms. The standard InChI is InChI=1S/C16H24N2O3S/c1-5-18(12-13(2)3)16(19)11-8-14-6-9-15(10-7-14)22(20,21)17-4/h6-7,9-10,17H,2,5,8,11-12H2,1,3-4H3. The summed E-state index contributed by atoms with van der Waals surface area (Å²) in [5, 5.41) is 0. The molecule has 0 saturated carbocycles. The number of nitrogens with zero attached hydrogens (tertiary/aromatic N) is 1. The molecule has 6 heteroatoms. The van der Waals surface area contributed by atoms with Gasteiger partial charge < -0.3 is 4.90 Å². The molecule has 0 radical (unpaired) electrons. The van der Waals surface area contributed by atoms with Crippen LogP contribution in [0.15, 0.2) is 41.3 Å². The molecule has 0 unspecified atom stereocenters. The molecule has 0 aromatic heterocycles. The minimum absolute atomic E-state index is 0.0809. The number of aryl methyl sites for hydroxylation is 1. The van der Waals surface area contributed by atoms with Crippen LogP contribution in [-0.4, -0.2) is 39.4 Å². The van der Waals surface area contributed by atoms with Crippen LogP contribution in [0.4, 0.5) is 0 Å². The van der Waals surface area contributed by atoms with Crippen LogP contribution in [0.1, 0.15) is 25.8 Å². The van der Waals surface area contributed by atoms with Crippen molar-refractivity contribution in [1.29, 1.82) is 0 Å². The lowest BCUT2D eigenvalue weighted by atomic mass is 10.1. The second kappa shape index (κ2) is 8.10. The molecule has 22 heavy (non-hydrogen) atoms. The zero-order chi connectivity index (χ0) is 16.8. The van der Waals surface area contributed by atoms with E-state index in [-0.39, 0.29) is 10.8 Å². The third kappa shape index (κ3) is 5.27. The van der Waals surface area contributed by atoms with Gasteiger partial charge in [-0.3, -0.25) is 4.79 Å². The Morgan fingerprint density at radius 1 is 1.27 bits per heavy atom. The first-order chi connectivity index (χ1) is 10.3. The summed E-state index contributed by atoms with van der Waals surface area (Å²) >= 11 is 0. The molecule has 1 amide bonds. The number of carbonyl (C=O) groups is 1. The van der Waals surface area contributed by atoms with Crippen molar-refractivity contribution in [2.45, 2.75) is 31.6 Å². The van der Waals surface area contributed by atoms with Crippen molar-refractivity contribution < 1.29 is 13.2 Å². The lowest BCUT2D eigenvalue weighted by Crippen LogP contribution is -2.32. The third-order valence-corrected chi connectivity index (χ3v) is 4.76. The van der Waals surface area contributed by atoms with Gasteiger partial charge in [0, 0.05) is 19.5 Å². The smallest absolute Gasteiger partial charge is 0.240 e. The van der Waals surface area contributed by atoms with Crippen molar-refractivity contribution in [2.75, 3.05) is 20.1 Å². The molecule has 0 aliphatic carbocycles. The summed E-state index contributed by atoms with van der Waals surface area (Å²) < 4.78 is 25.5. The zero-order valence-electron chi connectivity index (χ0n) is 13.4. The van der Waals surface area contributed by atoms with E-state index in [4.69, 9.17) is 0 Å². The number of sulfonamides is 1. The highest BCUT2D eigenvalue weighted by atomic mass is 32.2. The maximum Gasteiger partial charge on any atom is 0.240 e. The number of nitrogens with one attached hydrogen (secondary N) is 1.